The first-order valence-corrected chi connectivity index (χ1v) is 12.7. The van der Waals surface area contributed by atoms with Crippen molar-refractivity contribution in [1.82, 2.24) is 14.2 Å². The Balaban J connectivity index is 1.55. The Morgan fingerprint density at radius 2 is 1.94 bits per heavy atom. The number of hydrogen-bond acceptors (Lipinski definition) is 6. The lowest BCUT2D eigenvalue weighted by Crippen LogP contribution is -2.64. The standard InChI is InChI=1S/C22H29N4O5S/c23-21(29)22-18(11-13-25(22)20(28)10-9-16-6-2-1-3-7-16)26(14-19(22)27)32(30,31)15-17-8-4-5-12-24-17/h4-5,8,10,12,16,18H,1-3,6-7,9,11,13-15H2,(H2,23,29). The number of carbonyl (C=O) groups is 3. The van der Waals surface area contributed by atoms with Crippen molar-refractivity contribution >= 4 is 27.6 Å². The summed E-state index contributed by atoms with van der Waals surface area (Å²) in [5.41, 5.74) is 4.08. The third-order valence-corrected chi connectivity index (χ3v) is 8.77. The maximum Gasteiger partial charge on any atom is 0.252 e. The summed E-state index contributed by atoms with van der Waals surface area (Å²) >= 11 is 0. The van der Waals surface area contributed by atoms with E-state index in [9.17, 15) is 22.8 Å². The van der Waals surface area contributed by atoms with Gasteiger partial charge in [0.1, 0.15) is 5.75 Å². The van der Waals surface area contributed by atoms with E-state index in [1.54, 1.807) is 24.6 Å². The van der Waals surface area contributed by atoms with Crippen molar-refractivity contribution in [1.29, 1.82) is 0 Å². The zero-order valence-corrected chi connectivity index (χ0v) is 18.8. The Morgan fingerprint density at radius 3 is 2.59 bits per heavy atom. The predicted molar refractivity (Wildman–Crippen MR) is 116 cm³/mol. The van der Waals surface area contributed by atoms with Gasteiger partial charge in [-0.25, -0.2) is 8.42 Å². The summed E-state index contributed by atoms with van der Waals surface area (Å²) in [7, 11) is -3.96. The van der Waals surface area contributed by atoms with Crippen molar-refractivity contribution < 1.29 is 22.8 Å². The van der Waals surface area contributed by atoms with Crippen LogP contribution in [0.2, 0.25) is 0 Å². The zero-order chi connectivity index (χ0) is 22.9. The number of Topliss-reactive ketones (excluding diaryl/α,β-unsaturated/α-hetero) is 1. The van der Waals surface area contributed by atoms with Gasteiger partial charge in [0, 0.05) is 12.7 Å². The minimum Gasteiger partial charge on any atom is -0.367 e. The highest BCUT2D eigenvalue weighted by atomic mass is 32.2. The van der Waals surface area contributed by atoms with Gasteiger partial charge < -0.3 is 10.6 Å². The number of fused-ring (bicyclic) bond motifs is 1. The largest absolute Gasteiger partial charge is 0.367 e. The Kier molecular flexibility index (Phi) is 6.35. The molecular weight excluding hydrogens is 432 g/mol. The number of nitrogens with zero attached hydrogens (tertiary/aromatic N) is 3. The van der Waals surface area contributed by atoms with Crippen LogP contribution in [0.3, 0.4) is 0 Å². The van der Waals surface area contributed by atoms with Crippen molar-refractivity contribution in [3.8, 4) is 0 Å². The number of pyridine rings is 1. The van der Waals surface area contributed by atoms with Gasteiger partial charge in [0.05, 0.1) is 24.7 Å². The minimum absolute atomic E-state index is 0.106. The topological polar surface area (TPSA) is 131 Å². The van der Waals surface area contributed by atoms with E-state index in [2.05, 4.69) is 4.98 Å². The van der Waals surface area contributed by atoms with Crippen LogP contribution >= 0.6 is 0 Å². The zero-order valence-electron chi connectivity index (χ0n) is 18.0. The Hall–Kier alpha value is -2.33. The smallest absolute Gasteiger partial charge is 0.252 e. The molecule has 0 aromatic carbocycles. The van der Waals surface area contributed by atoms with Crippen molar-refractivity contribution in [3.05, 3.63) is 36.5 Å². The van der Waals surface area contributed by atoms with Crippen LogP contribution in [0.1, 0.15) is 50.6 Å². The number of carbonyl (C=O) groups excluding carboxylic acids is 3. The molecule has 3 fully saturated rings. The van der Waals surface area contributed by atoms with E-state index in [-0.39, 0.29) is 13.0 Å². The van der Waals surface area contributed by atoms with Crippen LogP contribution in [0.4, 0.5) is 0 Å². The van der Waals surface area contributed by atoms with E-state index < -0.39 is 51.5 Å². The molecule has 1 aromatic rings. The van der Waals surface area contributed by atoms with Crippen molar-refractivity contribution in [3.63, 3.8) is 0 Å². The number of amides is 2. The van der Waals surface area contributed by atoms with Crippen molar-refractivity contribution in [2.75, 3.05) is 13.1 Å². The molecule has 32 heavy (non-hydrogen) atoms. The molecule has 2 amide bonds. The third-order valence-electron chi connectivity index (χ3n) is 7.01. The molecule has 9 nitrogen and oxygen atoms in total. The highest BCUT2D eigenvalue weighted by molar-refractivity contribution is 7.88. The molecule has 1 saturated carbocycles. The Bertz CT molecular complexity index is 993. The summed E-state index contributed by atoms with van der Waals surface area (Å²) in [5, 5.41) is 0. The molecule has 4 rings (SSSR count). The fourth-order valence-electron chi connectivity index (χ4n) is 5.44. The van der Waals surface area contributed by atoms with Gasteiger partial charge in [-0.15, -0.1) is 0 Å². The molecule has 1 aliphatic carbocycles. The highest BCUT2D eigenvalue weighted by Gasteiger charge is 2.68. The van der Waals surface area contributed by atoms with E-state index >= 15 is 0 Å². The number of rotatable bonds is 7. The summed E-state index contributed by atoms with van der Waals surface area (Å²) in [4.78, 5) is 44.1. The lowest BCUT2D eigenvalue weighted by atomic mass is 9.85. The molecule has 0 bridgehead atoms. The van der Waals surface area contributed by atoms with Crippen LogP contribution < -0.4 is 5.73 Å². The van der Waals surface area contributed by atoms with E-state index in [1.165, 1.54) is 17.5 Å². The molecule has 1 aromatic heterocycles. The summed E-state index contributed by atoms with van der Waals surface area (Å²) in [6.45, 7) is -0.371. The number of nitrogens with two attached hydrogens (primary N) is 1. The van der Waals surface area contributed by atoms with Gasteiger partial charge in [-0.1, -0.05) is 38.2 Å². The van der Waals surface area contributed by atoms with Gasteiger partial charge in [-0.2, -0.15) is 4.31 Å². The Labute approximate surface area is 188 Å². The molecule has 2 N–H and O–H groups in total. The van der Waals surface area contributed by atoms with Gasteiger partial charge in [0.2, 0.25) is 15.9 Å². The molecule has 0 spiro atoms. The molecule has 2 unspecified atom stereocenters. The number of sulfonamides is 1. The molecule has 2 atom stereocenters. The van der Waals surface area contributed by atoms with Gasteiger partial charge in [-0.05, 0) is 30.9 Å². The van der Waals surface area contributed by atoms with Crippen LogP contribution in [-0.4, -0.2) is 64.9 Å². The van der Waals surface area contributed by atoms with Gasteiger partial charge in [0.25, 0.3) is 5.91 Å². The lowest BCUT2D eigenvalue weighted by Gasteiger charge is -2.34. The van der Waals surface area contributed by atoms with Gasteiger partial charge in [0.15, 0.2) is 11.3 Å². The number of ketones is 1. The monoisotopic (exact) mass is 461 g/mol. The van der Waals surface area contributed by atoms with E-state index in [0.717, 1.165) is 30.0 Å². The maximum absolute atomic E-state index is 13.1. The second-order valence-corrected chi connectivity index (χ2v) is 10.8. The van der Waals surface area contributed by atoms with Gasteiger partial charge >= 0.3 is 0 Å². The predicted octanol–water partition coefficient (Wildman–Crippen LogP) is 0.796. The molecule has 2 aliphatic heterocycles. The molecule has 3 heterocycles. The van der Waals surface area contributed by atoms with E-state index in [0.29, 0.717) is 18.0 Å². The fraction of sp³-hybridized carbons (Fsp3) is 0.591. The van der Waals surface area contributed by atoms with Crippen LogP contribution in [0, 0.1) is 12.3 Å². The van der Waals surface area contributed by atoms with Gasteiger partial charge in [-0.3, -0.25) is 19.4 Å². The highest BCUT2D eigenvalue weighted by Crippen LogP contribution is 2.42. The molecule has 1 radical (unpaired) electrons. The van der Waals surface area contributed by atoms with Crippen molar-refractivity contribution in [2.24, 2.45) is 11.7 Å². The summed E-state index contributed by atoms with van der Waals surface area (Å²) in [6.07, 6.45) is 9.42. The first kappa shape index (κ1) is 22.8. The summed E-state index contributed by atoms with van der Waals surface area (Å²) in [5.74, 6) is -2.01. The SMILES string of the molecule is NC(=O)C12C(=O)CN(S(=O)(=O)Cc3ccccn3)C1CCN2C(=O)[CH]CC1CCCCC1. The molecule has 10 heteroatoms. The normalized spacial score (nSPS) is 26.9. The average Bonchev–Trinajstić information content (AvgIpc) is 3.31. The summed E-state index contributed by atoms with van der Waals surface area (Å²) < 4.78 is 27.3. The Morgan fingerprint density at radius 1 is 1.19 bits per heavy atom. The lowest BCUT2D eigenvalue weighted by molar-refractivity contribution is -0.147. The quantitative estimate of drug-likeness (QED) is 0.598. The first-order valence-electron chi connectivity index (χ1n) is 11.1. The minimum atomic E-state index is -3.96. The average molecular weight is 462 g/mol. The maximum atomic E-state index is 13.1. The van der Waals surface area contributed by atoms with Crippen molar-refractivity contribution in [2.45, 2.75) is 62.3 Å². The number of aromatic nitrogens is 1. The van der Waals surface area contributed by atoms with E-state index in [1.807, 2.05) is 0 Å². The number of hydrogen-bond donors (Lipinski definition) is 1. The number of primary amides is 1. The fourth-order valence-corrected chi connectivity index (χ4v) is 7.11. The molecule has 2 saturated heterocycles. The molecule has 173 valence electrons. The first-order chi connectivity index (χ1) is 15.3. The second-order valence-electron chi connectivity index (χ2n) is 8.91. The third kappa shape index (κ3) is 3.94. The van der Waals surface area contributed by atoms with Crippen LogP contribution in [0.25, 0.3) is 0 Å². The van der Waals surface area contributed by atoms with E-state index in [4.69, 9.17) is 5.73 Å². The molecular formula is C22H29N4O5S. The second kappa shape index (κ2) is 8.90. The van der Waals surface area contributed by atoms with Crippen LogP contribution in [-0.2, 0) is 30.2 Å². The summed E-state index contributed by atoms with van der Waals surface area (Å²) in [6, 6.07) is 3.95. The number of likely N-dealkylation sites (tertiary alicyclic amines) is 1. The van der Waals surface area contributed by atoms with Crippen LogP contribution in [0.5, 0.6) is 0 Å². The van der Waals surface area contributed by atoms with Crippen LogP contribution in [0.15, 0.2) is 24.4 Å². The molecule has 3 aliphatic rings.